The molecule has 3 rings (SSSR count). The van der Waals surface area contributed by atoms with Gasteiger partial charge in [0.1, 0.15) is 23.4 Å². The van der Waals surface area contributed by atoms with Crippen molar-refractivity contribution in [2.24, 2.45) is 5.92 Å². The van der Waals surface area contributed by atoms with Gasteiger partial charge in [0.15, 0.2) is 9.84 Å². The van der Waals surface area contributed by atoms with E-state index in [1.807, 2.05) is 13.8 Å². The Morgan fingerprint density at radius 1 is 1.22 bits per heavy atom. The number of nitrogens with zero attached hydrogens (tertiary/aromatic N) is 1. The predicted octanol–water partition coefficient (Wildman–Crippen LogP) is 2.20. The van der Waals surface area contributed by atoms with Gasteiger partial charge < -0.3 is 29.7 Å². The zero-order chi connectivity index (χ0) is 30.2. The fraction of sp³-hybridized carbons (Fsp3) is 0.517. The van der Waals surface area contributed by atoms with Crippen LogP contribution in [0.15, 0.2) is 60.1 Å². The van der Waals surface area contributed by atoms with E-state index in [9.17, 15) is 22.4 Å². The molecule has 1 unspecified atom stereocenters. The SMILES string of the molecule is C=C(/C(=C\C(=C/C)OC)OC)[C@@H]1CC1(C)NCCS(=O)(=O)C[C@@H](NC(=O)c1ccc(F)cc1)C(=O)N1CCOCC1. The first-order valence-corrected chi connectivity index (χ1v) is 15.3. The lowest BCUT2D eigenvalue weighted by Gasteiger charge is -2.30. The van der Waals surface area contributed by atoms with Crippen LogP contribution in [0.2, 0.25) is 0 Å². The van der Waals surface area contributed by atoms with Crippen LogP contribution in [0.25, 0.3) is 0 Å². The van der Waals surface area contributed by atoms with Crippen molar-refractivity contribution < 1.29 is 36.6 Å². The molecule has 0 radical (unpaired) electrons. The number of methoxy groups -OCH3 is 2. The summed E-state index contributed by atoms with van der Waals surface area (Å²) in [6.45, 7) is 9.41. The van der Waals surface area contributed by atoms with Gasteiger partial charge in [-0.15, -0.1) is 0 Å². The maximum Gasteiger partial charge on any atom is 0.251 e. The molecule has 1 saturated carbocycles. The van der Waals surface area contributed by atoms with Crippen molar-refractivity contribution in [2.45, 2.75) is 31.8 Å². The second kappa shape index (κ2) is 14.1. The number of ether oxygens (including phenoxy) is 3. The number of nitrogens with one attached hydrogen (secondary N) is 2. The van der Waals surface area contributed by atoms with Crippen molar-refractivity contribution in [3.05, 3.63) is 71.5 Å². The van der Waals surface area contributed by atoms with Crippen LogP contribution in [0.5, 0.6) is 0 Å². The fourth-order valence-corrected chi connectivity index (χ4v) is 6.08. The first-order valence-electron chi connectivity index (χ1n) is 13.5. The van der Waals surface area contributed by atoms with Crippen LogP contribution in [-0.4, -0.2) is 95.3 Å². The summed E-state index contributed by atoms with van der Waals surface area (Å²) in [5.74, 6) is -1.21. The summed E-state index contributed by atoms with van der Waals surface area (Å²) in [5.41, 5.74) is 0.531. The average molecular weight is 594 g/mol. The number of halogens is 1. The Bertz CT molecular complexity index is 1270. The summed E-state index contributed by atoms with van der Waals surface area (Å²) >= 11 is 0. The molecule has 1 aliphatic heterocycles. The maximum absolute atomic E-state index is 13.3. The van der Waals surface area contributed by atoms with Gasteiger partial charge in [-0.1, -0.05) is 6.58 Å². The number of allylic oxidation sites excluding steroid dienone is 3. The highest BCUT2D eigenvalue weighted by molar-refractivity contribution is 7.91. The number of carbonyl (C=O) groups excluding carboxylic acids is 2. The average Bonchev–Trinajstić information content (AvgIpc) is 3.64. The minimum atomic E-state index is -3.77. The van der Waals surface area contributed by atoms with Crippen LogP contribution >= 0.6 is 0 Å². The fourth-order valence-electron chi connectivity index (χ4n) is 4.76. The van der Waals surface area contributed by atoms with Crippen LogP contribution in [-0.2, 0) is 28.8 Å². The third-order valence-corrected chi connectivity index (χ3v) is 9.05. The van der Waals surface area contributed by atoms with Crippen molar-refractivity contribution in [1.29, 1.82) is 0 Å². The summed E-state index contributed by atoms with van der Waals surface area (Å²) < 4.78 is 55.7. The van der Waals surface area contributed by atoms with Gasteiger partial charge in [0.05, 0.1) is 38.9 Å². The zero-order valence-corrected chi connectivity index (χ0v) is 24.9. The molecular weight excluding hydrogens is 553 g/mol. The van der Waals surface area contributed by atoms with Gasteiger partial charge in [-0.3, -0.25) is 9.59 Å². The highest BCUT2D eigenvalue weighted by Crippen LogP contribution is 2.49. The lowest BCUT2D eigenvalue weighted by molar-refractivity contribution is -0.136. The number of hydrogen-bond donors (Lipinski definition) is 2. The maximum atomic E-state index is 13.3. The number of rotatable bonds is 14. The molecular formula is C29H40FN3O7S. The van der Waals surface area contributed by atoms with Crippen LogP contribution in [0, 0.1) is 11.7 Å². The molecule has 2 N–H and O–H groups in total. The van der Waals surface area contributed by atoms with E-state index in [0.29, 0.717) is 37.8 Å². The van der Waals surface area contributed by atoms with E-state index in [4.69, 9.17) is 14.2 Å². The Morgan fingerprint density at radius 3 is 2.46 bits per heavy atom. The number of benzene rings is 1. The minimum absolute atomic E-state index is 0.0389. The molecule has 0 bridgehead atoms. The van der Waals surface area contributed by atoms with Gasteiger partial charge in [-0.25, -0.2) is 12.8 Å². The van der Waals surface area contributed by atoms with Crippen molar-refractivity contribution in [3.8, 4) is 0 Å². The number of sulfone groups is 1. The number of carbonyl (C=O) groups is 2. The van der Waals surface area contributed by atoms with E-state index < -0.39 is 39.3 Å². The lowest BCUT2D eigenvalue weighted by atomic mass is 10.1. The molecule has 3 atom stereocenters. The molecule has 1 heterocycles. The Morgan fingerprint density at radius 2 is 1.88 bits per heavy atom. The normalized spacial score (nSPS) is 22.1. The Hall–Kier alpha value is -3.22. The van der Waals surface area contributed by atoms with Crippen LogP contribution in [0.4, 0.5) is 4.39 Å². The van der Waals surface area contributed by atoms with Gasteiger partial charge >= 0.3 is 0 Å². The van der Waals surface area contributed by atoms with E-state index in [2.05, 4.69) is 17.2 Å². The summed E-state index contributed by atoms with van der Waals surface area (Å²) in [7, 11) is -0.647. The summed E-state index contributed by atoms with van der Waals surface area (Å²) in [5, 5.41) is 5.87. The molecule has 0 aromatic heterocycles. The van der Waals surface area contributed by atoms with Gasteiger partial charge in [0, 0.05) is 42.7 Å². The number of amides is 2. The Labute approximate surface area is 241 Å². The first-order chi connectivity index (χ1) is 19.4. The van der Waals surface area contributed by atoms with Crippen molar-refractivity contribution >= 4 is 21.7 Å². The number of morpholine rings is 1. The second-order valence-electron chi connectivity index (χ2n) is 10.3. The predicted molar refractivity (Wildman–Crippen MR) is 153 cm³/mol. The summed E-state index contributed by atoms with van der Waals surface area (Å²) in [6.07, 6.45) is 4.31. The molecule has 2 amide bonds. The van der Waals surface area contributed by atoms with Crippen molar-refractivity contribution in [1.82, 2.24) is 15.5 Å². The summed E-state index contributed by atoms with van der Waals surface area (Å²) in [4.78, 5) is 27.5. The molecule has 41 heavy (non-hydrogen) atoms. The highest BCUT2D eigenvalue weighted by atomic mass is 32.2. The van der Waals surface area contributed by atoms with Gasteiger partial charge in [-0.2, -0.15) is 0 Å². The molecule has 0 spiro atoms. The molecule has 10 nitrogen and oxygen atoms in total. The van der Waals surface area contributed by atoms with Crippen LogP contribution in [0.3, 0.4) is 0 Å². The van der Waals surface area contributed by atoms with Crippen molar-refractivity contribution in [3.63, 3.8) is 0 Å². The third-order valence-electron chi connectivity index (χ3n) is 7.38. The van der Waals surface area contributed by atoms with E-state index in [0.717, 1.165) is 24.1 Å². The standard InChI is InChI=1S/C29H40FN3O7S/c1-6-23(38-4)17-26(39-5)20(2)24-18-29(24,3)31-11-16-41(36,37)19-25(28(35)33-12-14-40-15-13-33)32-27(34)21-7-9-22(30)10-8-21/h6-10,17,24-25,31H,2,11-16,18-19H2,1,3-5H3,(H,32,34)/b23-6+,26-17+/t24-,25+,29?/m0/s1. The molecule has 2 fully saturated rings. The smallest absolute Gasteiger partial charge is 0.251 e. The summed E-state index contributed by atoms with van der Waals surface area (Å²) in [6, 6.07) is 3.51. The largest absolute Gasteiger partial charge is 0.497 e. The Kier molecular flexibility index (Phi) is 11.1. The second-order valence-corrected chi connectivity index (χ2v) is 12.5. The quantitative estimate of drug-likeness (QED) is 0.249. The lowest BCUT2D eigenvalue weighted by Crippen LogP contribution is -2.54. The zero-order valence-electron chi connectivity index (χ0n) is 24.1. The van der Waals surface area contributed by atoms with E-state index in [-0.39, 0.29) is 29.3 Å². The molecule has 1 aliphatic carbocycles. The molecule has 226 valence electrons. The molecule has 2 aliphatic rings. The van der Waals surface area contributed by atoms with Gasteiger partial charge in [-0.05, 0) is 56.2 Å². The Balaban J connectivity index is 1.63. The van der Waals surface area contributed by atoms with Crippen molar-refractivity contribution in [2.75, 3.05) is 58.6 Å². The van der Waals surface area contributed by atoms with Gasteiger partial charge in [0.25, 0.3) is 5.91 Å². The van der Waals surface area contributed by atoms with Gasteiger partial charge in [0.2, 0.25) is 5.91 Å². The molecule has 1 saturated heterocycles. The van der Waals surface area contributed by atoms with E-state index >= 15 is 0 Å². The van der Waals surface area contributed by atoms with E-state index in [1.54, 1.807) is 26.4 Å². The first kappa shape index (κ1) is 32.3. The van der Waals surface area contributed by atoms with Crippen LogP contribution < -0.4 is 10.6 Å². The van der Waals surface area contributed by atoms with E-state index in [1.165, 1.54) is 17.0 Å². The topological polar surface area (TPSA) is 123 Å². The molecule has 1 aromatic carbocycles. The third kappa shape index (κ3) is 8.88. The molecule has 1 aromatic rings. The number of hydrogen-bond acceptors (Lipinski definition) is 8. The molecule has 12 heteroatoms. The monoisotopic (exact) mass is 593 g/mol. The van der Waals surface area contributed by atoms with Crippen LogP contribution in [0.1, 0.15) is 30.6 Å². The highest BCUT2D eigenvalue weighted by Gasteiger charge is 2.52. The minimum Gasteiger partial charge on any atom is -0.497 e.